The highest BCUT2D eigenvalue weighted by molar-refractivity contribution is 7.85. The van der Waals surface area contributed by atoms with Gasteiger partial charge in [-0.15, -0.1) is 0 Å². The Morgan fingerprint density at radius 2 is 1.81 bits per heavy atom. The molecule has 0 aliphatic heterocycles. The Morgan fingerprint density at radius 1 is 1.25 bits per heavy atom. The molecule has 0 amide bonds. The molecule has 0 heterocycles. The molecule has 16 heavy (non-hydrogen) atoms. The number of hydrogen-bond donors (Lipinski definition) is 2. The largest absolute Gasteiger partial charge is 0.393 e. The van der Waals surface area contributed by atoms with Crippen LogP contribution in [0.15, 0.2) is 29.2 Å². The fourth-order valence-electron chi connectivity index (χ4n) is 1.42. The molecule has 0 aliphatic rings. The first-order valence-electron chi connectivity index (χ1n) is 5.30. The highest BCUT2D eigenvalue weighted by Crippen LogP contribution is 2.10. The molecule has 90 valence electrons. The first kappa shape index (κ1) is 13.4. The van der Waals surface area contributed by atoms with E-state index in [2.05, 4.69) is 0 Å². The summed E-state index contributed by atoms with van der Waals surface area (Å²) < 4.78 is 11.8. The van der Waals surface area contributed by atoms with Gasteiger partial charge in [-0.1, -0.05) is 17.7 Å². The summed E-state index contributed by atoms with van der Waals surface area (Å²) in [5.41, 5.74) is 1.12. The Bertz CT molecular complexity index is 346. The topological polar surface area (TPSA) is 57.5 Å². The van der Waals surface area contributed by atoms with Crippen molar-refractivity contribution in [3.8, 4) is 0 Å². The zero-order valence-electron chi connectivity index (χ0n) is 9.59. The third-order valence-corrected chi connectivity index (χ3v) is 3.73. The van der Waals surface area contributed by atoms with Gasteiger partial charge in [-0.05, 0) is 32.4 Å². The maximum Gasteiger partial charge on any atom is 0.0683 e. The summed E-state index contributed by atoms with van der Waals surface area (Å²) in [6, 6.07) is 7.41. The molecule has 3 nitrogen and oxygen atoms in total. The molecule has 0 aliphatic carbocycles. The zero-order chi connectivity index (χ0) is 12.1. The fraction of sp³-hybridized carbons (Fsp3) is 0.500. The molecule has 1 aromatic rings. The van der Waals surface area contributed by atoms with Crippen LogP contribution in [0, 0.1) is 6.92 Å². The van der Waals surface area contributed by atoms with E-state index < -0.39 is 23.0 Å². The van der Waals surface area contributed by atoms with Gasteiger partial charge < -0.3 is 10.2 Å². The van der Waals surface area contributed by atoms with Crippen LogP contribution in [0.2, 0.25) is 0 Å². The van der Waals surface area contributed by atoms with E-state index in [1.54, 1.807) is 19.1 Å². The number of hydrogen-bond acceptors (Lipinski definition) is 3. The zero-order valence-corrected chi connectivity index (χ0v) is 10.4. The average molecular weight is 242 g/mol. The smallest absolute Gasteiger partial charge is 0.0683 e. The van der Waals surface area contributed by atoms with Crippen molar-refractivity contribution < 1.29 is 14.4 Å². The van der Waals surface area contributed by atoms with E-state index in [4.69, 9.17) is 5.11 Å². The summed E-state index contributed by atoms with van der Waals surface area (Å²) in [5.74, 6) is 0.175. The molecule has 1 rings (SSSR count). The van der Waals surface area contributed by atoms with Gasteiger partial charge in [0, 0.05) is 4.90 Å². The number of benzene rings is 1. The lowest BCUT2D eigenvalue weighted by atomic mass is 10.2. The van der Waals surface area contributed by atoms with Crippen molar-refractivity contribution in [3.63, 3.8) is 0 Å². The van der Waals surface area contributed by atoms with Crippen molar-refractivity contribution in [2.75, 3.05) is 5.75 Å². The molecule has 4 heteroatoms. The first-order valence-corrected chi connectivity index (χ1v) is 6.62. The Labute approximate surface area is 98.6 Å². The van der Waals surface area contributed by atoms with Gasteiger partial charge in [-0.25, -0.2) is 0 Å². The van der Waals surface area contributed by atoms with Gasteiger partial charge in [0.05, 0.1) is 28.8 Å². The number of rotatable bonds is 5. The molecule has 3 atom stereocenters. The Balaban J connectivity index is 2.55. The van der Waals surface area contributed by atoms with E-state index in [0.717, 1.165) is 10.5 Å². The Morgan fingerprint density at radius 3 is 2.31 bits per heavy atom. The lowest BCUT2D eigenvalue weighted by molar-refractivity contribution is 0.104. The normalized spacial score (nSPS) is 16.8. The van der Waals surface area contributed by atoms with E-state index in [1.807, 2.05) is 19.1 Å². The predicted molar refractivity (Wildman–Crippen MR) is 64.8 cm³/mol. The lowest BCUT2D eigenvalue weighted by Crippen LogP contribution is -2.21. The number of aliphatic hydroxyl groups is 2. The summed E-state index contributed by atoms with van der Waals surface area (Å²) in [6.07, 6.45) is -1.02. The molecule has 0 unspecified atom stereocenters. The molecule has 2 N–H and O–H groups in total. The second-order valence-corrected chi connectivity index (χ2v) is 5.56. The second kappa shape index (κ2) is 6.13. The van der Waals surface area contributed by atoms with E-state index in [-0.39, 0.29) is 12.2 Å². The van der Waals surface area contributed by atoms with Crippen LogP contribution < -0.4 is 0 Å². The summed E-state index contributed by atoms with van der Waals surface area (Å²) in [5, 5.41) is 18.6. The van der Waals surface area contributed by atoms with E-state index in [0.29, 0.717) is 0 Å². The van der Waals surface area contributed by atoms with Crippen molar-refractivity contribution in [2.45, 2.75) is 37.4 Å². The highest BCUT2D eigenvalue weighted by Gasteiger charge is 2.13. The maximum absolute atomic E-state index is 11.8. The minimum atomic E-state index is -1.20. The fourth-order valence-corrected chi connectivity index (χ4v) is 2.54. The Kier molecular flexibility index (Phi) is 5.12. The van der Waals surface area contributed by atoms with Crippen molar-refractivity contribution in [3.05, 3.63) is 29.8 Å². The molecule has 0 saturated heterocycles. The standard InChI is InChI=1S/C12H18O3S/c1-9-3-5-12(6-4-9)16(15)8-11(14)7-10(2)13/h3-6,10-11,13-14H,7-8H2,1-2H3/t10-,11-,16+/m1/s1. The molecule has 0 saturated carbocycles. The van der Waals surface area contributed by atoms with E-state index in [1.165, 1.54) is 0 Å². The van der Waals surface area contributed by atoms with Gasteiger partial charge in [-0.3, -0.25) is 4.21 Å². The van der Waals surface area contributed by atoms with Gasteiger partial charge in [0.25, 0.3) is 0 Å². The van der Waals surface area contributed by atoms with Crippen LogP contribution in [0.3, 0.4) is 0 Å². The van der Waals surface area contributed by atoms with Crippen LogP contribution in [0.25, 0.3) is 0 Å². The quantitative estimate of drug-likeness (QED) is 0.816. The van der Waals surface area contributed by atoms with Crippen molar-refractivity contribution in [2.24, 2.45) is 0 Å². The lowest BCUT2D eigenvalue weighted by Gasteiger charge is -2.12. The molecule has 0 fully saturated rings. The van der Waals surface area contributed by atoms with E-state index >= 15 is 0 Å². The molecular formula is C12H18O3S. The van der Waals surface area contributed by atoms with Crippen LogP contribution in [-0.4, -0.2) is 32.4 Å². The van der Waals surface area contributed by atoms with E-state index in [9.17, 15) is 9.32 Å². The first-order chi connectivity index (χ1) is 7.49. The van der Waals surface area contributed by atoms with Crippen molar-refractivity contribution >= 4 is 10.8 Å². The second-order valence-electron chi connectivity index (χ2n) is 4.06. The van der Waals surface area contributed by atoms with Gasteiger partial charge in [0.1, 0.15) is 0 Å². The molecule has 1 aromatic carbocycles. The maximum atomic E-state index is 11.8. The van der Waals surface area contributed by atoms with Crippen molar-refractivity contribution in [1.29, 1.82) is 0 Å². The summed E-state index contributed by atoms with van der Waals surface area (Å²) >= 11 is 0. The number of aryl methyl sites for hydroxylation is 1. The summed E-state index contributed by atoms with van der Waals surface area (Å²) in [6.45, 7) is 3.58. The SMILES string of the molecule is Cc1ccc([S@@](=O)C[C@H](O)C[C@@H](C)O)cc1. The monoisotopic (exact) mass is 242 g/mol. The molecule has 0 spiro atoms. The molecule has 0 bridgehead atoms. The van der Waals surface area contributed by atoms with Gasteiger partial charge in [-0.2, -0.15) is 0 Å². The minimum Gasteiger partial charge on any atom is -0.393 e. The Hall–Kier alpha value is -0.710. The summed E-state index contributed by atoms with van der Waals surface area (Å²) in [4.78, 5) is 0.718. The van der Waals surface area contributed by atoms with Crippen LogP contribution in [-0.2, 0) is 10.8 Å². The van der Waals surface area contributed by atoms with Gasteiger partial charge in [0.15, 0.2) is 0 Å². The minimum absolute atomic E-state index is 0.175. The predicted octanol–water partition coefficient (Wildman–Crippen LogP) is 1.23. The van der Waals surface area contributed by atoms with Crippen LogP contribution in [0.5, 0.6) is 0 Å². The van der Waals surface area contributed by atoms with Crippen molar-refractivity contribution in [1.82, 2.24) is 0 Å². The van der Waals surface area contributed by atoms with Gasteiger partial charge >= 0.3 is 0 Å². The van der Waals surface area contributed by atoms with Crippen LogP contribution in [0.4, 0.5) is 0 Å². The summed E-state index contributed by atoms with van der Waals surface area (Å²) in [7, 11) is -1.20. The van der Waals surface area contributed by atoms with Crippen LogP contribution >= 0.6 is 0 Å². The third-order valence-electron chi connectivity index (χ3n) is 2.24. The highest BCUT2D eigenvalue weighted by atomic mass is 32.2. The molecule has 0 aromatic heterocycles. The van der Waals surface area contributed by atoms with Crippen LogP contribution in [0.1, 0.15) is 18.9 Å². The molecule has 0 radical (unpaired) electrons. The number of aliphatic hydroxyl groups excluding tert-OH is 2. The average Bonchev–Trinajstić information content (AvgIpc) is 2.16. The third kappa shape index (κ3) is 4.43. The van der Waals surface area contributed by atoms with Gasteiger partial charge in [0.2, 0.25) is 0 Å². The molecular weight excluding hydrogens is 224 g/mol.